The fourth-order valence-electron chi connectivity index (χ4n) is 1.30. The topological polar surface area (TPSA) is 0 Å². The first-order chi connectivity index (χ1) is 7.86. The van der Waals surface area contributed by atoms with E-state index in [9.17, 15) is 22.0 Å². The Balaban J connectivity index is 2.99. The molecule has 17 heavy (non-hydrogen) atoms. The van der Waals surface area contributed by atoms with Crippen molar-refractivity contribution >= 4 is 32.7 Å². The number of hydrogen-bond acceptors (Lipinski definition) is 0. The monoisotopic (exact) mass is 308 g/mol. The largest absolute Gasteiger partial charge is 0.203 e. The lowest BCUT2D eigenvalue weighted by Crippen LogP contribution is -2.09. The van der Waals surface area contributed by atoms with Gasteiger partial charge in [0.25, 0.3) is 0 Å². The zero-order chi connectivity index (χ0) is 13.2. The molecule has 0 bridgehead atoms. The molecule has 1 aromatic carbocycles. The fourth-order valence-corrected chi connectivity index (χ4v) is 3.10. The summed E-state index contributed by atoms with van der Waals surface area (Å²) in [5.41, 5.74) is -0.803. The first-order valence-corrected chi connectivity index (χ1v) is 7.33. The van der Waals surface area contributed by atoms with Gasteiger partial charge in [0.1, 0.15) is 0 Å². The highest BCUT2D eigenvalue weighted by atomic mass is 35.5. The van der Waals surface area contributed by atoms with Crippen molar-refractivity contribution in [2.24, 2.45) is 0 Å². The third-order valence-corrected chi connectivity index (χ3v) is 4.66. The minimum absolute atomic E-state index is 0.256. The van der Waals surface area contributed by atoms with Crippen LogP contribution in [-0.2, 0) is 6.42 Å². The SMILES string of the molecule is Fc1c(F)c(F)c(CC[SiH2]C(Cl)Cl)c(F)c1F. The van der Waals surface area contributed by atoms with Crippen LogP contribution < -0.4 is 0 Å². The molecule has 0 radical (unpaired) electrons. The Morgan fingerprint density at radius 2 is 1.24 bits per heavy atom. The highest BCUT2D eigenvalue weighted by Gasteiger charge is 2.25. The van der Waals surface area contributed by atoms with Crippen molar-refractivity contribution in [3.8, 4) is 0 Å². The molecule has 0 aliphatic carbocycles. The summed E-state index contributed by atoms with van der Waals surface area (Å²) in [6, 6.07) is 0.260. The van der Waals surface area contributed by atoms with Crippen LogP contribution in [0.25, 0.3) is 0 Å². The van der Waals surface area contributed by atoms with Gasteiger partial charge in [-0.2, -0.15) is 0 Å². The van der Waals surface area contributed by atoms with E-state index in [4.69, 9.17) is 23.2 Å². The summed E-state index contributed by atoms with van der Waals surface area (Å²) in [5, 5.41) is 0. The van der Waals surface area contributed by atoms with Gasteiger partial charge in [-0.15, -0.1) is 23.2 Å². The van der Waals surface area contributed by atoms with Gasteiger partial charge in [-0.3, -0.25) is 0 Å². The fraction of sp³-hybridized carbons (Fsp3) is 0.333. The Morgan fingerprint density at radius 3 is 1.65 bits per heavy atom. The maximum atomic E-state index is 13.2. The first-order valence-electron chi connectivity index (χ1n) is 4.64. The maximum Gasteiger partial charge on any atom is 0.200 e. The summed E-state index contributed by atoms with van der Waals surface area (Å²) in [6.45, 7) is 0. The molecule has 0 heterocycles. The standard InChI is InChI=1S/C9H7Cl2F5Si/c10-9(11)17-2-1-3-4(12)6(14)8(16)7(15)5(3)13/h9H,1-2,17H2. The second-order valence-electron chi connectivity index (χ2n) is 3.33. The van der Waals surface area contributed by atoms with Crippen LogP contribution in [0.3, 0.4) is 0 Å². The van der Waals surface area contributed by atoms with Gasteiger partial charge >= 0.3 is 0 Å². The van der Waals surface area contributed by atoms with Gasteiger partial charge in [0, 0.05) is 5.56 Å². The Hall–Kier alpha value is -0.333. The molecule has 0 atom stereocenters. The molecule has 0 nitrogen and oxygen atoms in total. The average Bonchev–Trinajstić information content (AvgIpc) is 2.28. The van der Waals surface area contributed by atoms with E-state index < -0.39 is 48.6 Å². The van der Waals surface area contributed by atoms with Crippen LogP contribution in [0.2, 0.25) is 6.04 Å². The van der Waals surface area contributed by atoms with Gasteiger partial charge < -0.3 is 0 Å². The van der Waals surface area contributed by atoms with Crippen LogP contribution in [0, 0.1) is 29.1 Å². The third-order valence-electron chi connectivity index (χ3n) is 2.15. The summed E-state index contributed by atoms with van der Waals surface area (Å²) in [5.74, 6) is -9.55. The van der Waals surface area contributed by atoms with Gasteiger partial charge in [-0.1, -0.05) is 6.04 Å². The summed E-state index contributed by atoms with van der Waals surface area (Å²) in [7, 11) is -1.01. The van der Waals surface area contributed by atoms with Crippen molar-refractivity contribution in [1.29, 1.82) is 0 Å². The van der Waals surface area contributed by atoms with Gasteiger partial charge in [0.15, 0.2) is 23.3 Å². The van der Waals surface area contributed by atoms with Crippen LogP contribution in [0.1, 0.15) is 5.56 Å². The Kier molecular flexibility index (Phi) is 5.21. The zero-order valence-electron chi connectivity index (χ0n) is 8.34. The van der Waals surface area contributed by atoms with E-state index in [1.165, 1.54) is 0 Å². The zero-order valence-corrected chi connectivity index (χ0v) is 11.3. The molecule has 0 spiro atoms. The van der Waals surface area contributed by atoms with Crippen LogP contribution >= 0.6 is 23.2 Å². The predicted molar refractivity (Wildman–Crippen MR) is 58.8 cm³/mol. The normalized spacial score (nSPS) is 12.0. The molecule has 0 amide bonds. The molecule has 0 fully saturated rings. The van der Waals surface area contributed by atoms with Crippen LogP contribution in [0.5, 0.6) is 0 Å². The van der Waals surface area contributed by atoms with E-state index in [0.29, 0.717) is 0 Å². The van der Waals surface area contributed by atoms with Crippen LogP contribution in [0.4, 0.5) is 22.0 Å². The summed E-state index contributed by atoms with van der Waals surface area (Å²) in [6.07, 6.45) is -0.256. The molecule has 96 valence electrons. The summed E-state index contributed by atoms with van der Waals surface area (Å²) >= 11 is 10.9. The number of benzene rings is 1. The van der Waals surface area contributed by atoms with Gasteiger partial charge in [0.05, 0.1) is 14.0 Å². The summed E-state index contributed by atoms with van der Waals surface area (Å²) in [4.78, 5) is 0. The maximum absolute atomic E-state index is 13.2. The molecule has 1 aromatic rings. The average molecular weight is 309 g/mol. The molecule has 0 unspecified atom stereocenters. The van der Waals surface area contributed by atoms with Crippen molar-refractivity contribution in [1.82, 2.24) is 0 Å². The lowest BCUT2D eigenvalue weighted by molar-refractivity contribution is 0.370. The minimum atomic E-state index is -2.14. The molecular weight excluding hydrogens is 302 g/mol. The Labute approximate surface area is 107 Å². The molecule has 0 aromatic heterocycles. The molecular formula is C9H7Cl2F5Si. The molecule has 0 aliphatic rings. The molecule has 0 saturated heterocycles. The molecule has 1 rings (SSSR count). The second kappa shape index (κ2) is 6.02. The second-order valence-corrected chi connectivity index (χ2v) is 7.74. The minimum Gasteiger partial charge on any atom is -0.203 e. The Morgan fingerprint density at radius 1 is 0.824 bits per heavy atom. The quantitative estimate of drug-likeness (QED) is 0.263. The van der Waals surface area contributed by atoms with E-state index in [2.05, 4.69) is 0 Å². The van der Waals surface area contributed by atoms with Crippen LogP contribution in [0.15, 0.2) is 0 Å². The lowest BCUT2D eigenvalue weighted by atomic mass is 10.1. The van der Waals surface area contributed by atoms with Gasteiger partial charge in [-0.05, 0) is 6.42 Å². The van der Waals surface area contributed by atoms with Crippen molar-refractivity contribution in [2.75, 3.05) is 0 Å². The number of halogens is 7. The third kappa shape index (κ3) is 3.32. The van der Waals surface area contributed by atoms with Crippen LogP contribution in [-0.4, -0.2) is 14.0 Å². The van der Waals surface area contributed by atoms with E-state index >= 15 is 0 Å². The smallest absolute Gasteiger partial charge is 0.200 e. The van der Waals surface area contributed by atoms with E-state index in [1.54, 1.807) is 0 Å². The molecule has 8 heteroatoms. The molecule has 0 aliphatic heterocycles. The van der Waals surface area contributed by atoms with Crippen molar-refractivity contribution < 1.29 is 22.0 Å². The van der Waals surface area contributed by atoms with Crippen molar-refractivity contribution in [3.63, 3.8) is 0 Å². The van der Waals surface area contributed by atoms with E-state index in [1.807, 2.05) is 0 Å². The van der Waals surface area contributed by atoms with E-state index in [-0.39, 0.29) is 12.5 Å². The van der Waals surface area contributed by atoms with Crippen molar-refractivity contribution in [3.05, 3.63) is 34.6 Å². The molecule has 0 saturated carbocycles. The van der Waals surface area contributed by atoms with E-state index in [0.717, 1.165) is 0 Å². The number of alkyl halides is 2. The highest BCUT2D eigenvalue weighted by molar-refractivity contribution is 6.68. The number of hydrogen-bond donors (Lipinski definition) is 0. The molecule has 0 N–H and O–H groups in total. The summed E-state index contributed by atoms with van der Waals surface area (Å²) < 4.78 is 64.0. The number of rotatable bonds is 4. The first kappa shape index (κ1) is 14.7. The highest BCUT2D eigenvalue weighted by Crippen LogP contribution is 2.24. The van der Waals surface area contributed by atoms with Gasteiger partial charge in [-0.25, -0.2) is 22.0 Å². The van der Waals surface area contributed by atoms with Gasteiger partial charge in [0.2, 0.25) is 5.82 Å². The van der Waals surface area contributed by atoms with Crippen molar-refractivity contribution in [2.45, 2.75) is 16.9 Å². The Bertz CT molecular complexity index is 395. The predicted octanol–water partition coefficient (Wildman–Crippen LogP) is 3.27. The lowest BCUT2D eigenvalue weighted by Gasteiger charge is -2.07.